The maximum Gasteiger partial charge on any atom is 0.328 e. The molecule has 0 radical (unpaired) electrons. The highest BCUT2D eigenvalue weighted by Crippen LogP contribution is 2.15. The monoisotopic (exact) mass is 342 g/mol. The molecule has 2 aromatic heterocycles. The van der Waals surface area contributed by atoms with Gasteiger partial charge in [-0.15, -0.1) is 29.9 Å². The summed E-state index contributed by atoms with van der Waals surface area (Å²) in [5.74, 6) is 0. The summed E-state index contributed by atoms with van der Waals surface area (Å²) < 4.78 is 30.0. The smallest absolute Gasteiger partial charge is 0.328 e. The molecule has 0 fully saturated rings. The fourth-order valence-corrected chi connectivity index (χ4v) is 1.27. The second-order valence-corrected chi connectivity index (χ2v) is 3.59. The van der Waals surface area contributed by atoms with Gasteiger partial charge in [0.25, 0.3) is 0 Å². The summed E-state index contributed by atoms with van der Waals surface area (Å²) in [4.78, 5) is 23.1. The van der Waals surface area contributed by atoms with E-state index in [1.54, 1.807) is 0 Å². The van der Waals surface area contributed by atoms with Gasteiger partial charge in [0.05, 0.1) is 28.4 Å². The van der Waals surface area contributed by atoms with Crippen LogP contribution in [0.25, 0.3) is 0 Å². The number of aromatic nitrogens is 6. The highest BCUT2D eigenvalue weighted by Gasteiger charge is 2.11. The molecule has 0 aliphatic heterocycles. The number of nitrogens with zero attached hydrogens (tertiary/aromatic N) is 6. The van der Waals surface area contributed by atoms with E-state index >= 15 is 0 Å². The number of ether oxygens (including phenoxy) is 6. The van der Waals surface area contributed by atoms with Crippen LogP contribution in [-0.4, -0.2) is 65.1 Å². The predicted molar refractivity (Wildman–Crippen MR) is 78.7 cm³/mol. The van der Waals surface area contributed by atoms with Crippen molar-refractivity contribution in [2.24, 2.45) is 0 Å². The number of rotatable bonds is 8. The van der Waals surface area contributed by atoms with Gasteiger partial charge < -0.3 is 28.4 Å². The summed E-state index contributed by atoms with van der Waals surface area (Å²) in [5.41, 5.74) is 0. The van der Waals surface area contributed by atoms with Crippen LogP contribution in [-0.2, 0) is 0 Å². The first kappa shape index (κ1) is 18.9. The van der Waals surface area contributed by atoms with Crippen molar-refractivity contribution in [2.75, 3.05) is 35.2 Å². The van der Waals surface area contributed by atoms with E-state index in [4.69, 9.17) is 28.4 Å². The Morgan fingerprint density at radius 1 is 0.500 bits per heavy atom. The molecule has 24 heavy (non-hydrogen) atoms. The number of hydrogen-bond donors (Lipinski definition) is 0. The van der Waals surface area contributed by atoms with Crippen molar-refractivity contribution in [3.8, 4) is 36.1 Å². The molecule has 2 heterocycles. The van der Waals surface area contributed by atoms with E-state index < -0.39 is 0 Å². The maximum absolute atomic E-state index is 5.22. The van der Waals surface area contributed by atoms with Gasteiger partial charge in [0.2, 0.25) is 6.79 Å². The fourth-order valence-electron chi connectivity index (χ4n) is 1.27. The molecule has 0 aliphatic carbocycles. The molecule has 0 N–H and O–H groups in total. The van der Waals surface area contributed by atoms with Gasteiger partial charge in [-0.2, -0.15) is 0 Å². The molecule has 0 aromatic carbocycles. The molecule has 0 aliphatic rings. The Labute approximate surface area is 138 Å². The molecule has 0 bridgehead atoms. The lowest BCUT2D eigenvalue weighted by atomic mass is 10.9. The highest BCUT2D eigenvalue weighted by atomic mass is 16.7. The van der Waals surface area contributed by atoms with E-state index in [1.807, 2.05) is 0 Å². The van der Waals surface area contributed by atoms with Crippen molar-refractivity contribution in [2.45, 2.75) is 7.43 Å². The van der Waals surface area contributed by atoms with Gasteiger partial charge in [-0.05, 0) is 0 Å². The van der Waals surface area contributed by atoms with Gasteiger partial charge in [-0.25, -0.2) is 0 Å². The minimum atomic E-state index is -0.285. The molecule has 2 rings (SSSR count). The van der Waals surface area contributed by atoms with Crippen molar-refractivity contribution >= 4 is 0 Å². The molecule has 12 heteroatoms. The first-order valence-electron chi connectivity index (χ1n) is 6.12. The second kappa shape index (κ2) is 9.07. The lowest BCUT2D eigenvalue weighted by molar-refractivity contribution is 0.0957. The summed E-state index contributed by atoms with van der Waals surface area (Å²) in [6.45, 7) is -0.285. The van der Waals surface area contributed by atoms with E-state index in [1.165, 1.54) is 28.4 Å². The summed E-state index contributed by atoms with van der Waals surface area (Å²) in [5, 5.41) is 0. The first-order chi connectivity index (χ1) is 11.2. The van der Waals surface area contributed by atoms with Gasteiger partial charge in [0.1, 0.15) is 0 Å². The zero-order chi connectivity index (χ0) is 16.7. The van der Waals surface area contributed by atoms with Crippen LogP contribution in [0.15, 0.2) is 0 Å². The van der Waals surface area contributed by atoms with Crippen LogP contribution < -0.4 is 28.4 Å². The third-order valence-corrected chi connectivity index (χ3v) is 2.25. The summed E-state index contributed by atoms with van der Waals surface area (Å²) in [7, 11) is 5.60. The van der Waals surface area contributed by atoms with Crippen LogP contribution in [0.5, 0.6) is 36.1 Å². The molecule has 0 amide bonds. The molecule has 0 atom stereocenters. The van der Waals surface area contributed by atoms with Crippen molar-refractivity contribution in [1.82, 2.24) is 29.9 Å². The van der Waals surface area contributed by atoms with Crippen LogP contribution in [0.2, 0.25) is 0 Å². The summed E-state index contributed by atoms with van der Waals surface area (Å²) in [6.07, 6.45) is 0. The summed E-state index contributed by atoms with van der Waals surface area (Å²) >= 11 is 0. The molecular weight excluding hydrogens is 324 g/mol. The van der Waals surface area contributed by atoms with E-state index in [0.717, 1.165) is 0 Å². The molecule has 132 valence electrons. The van der Waals surface area contributed by atoms with Gasteiger partial charge >= 0.3 is 36.1 Å². The van der Waals surface area contributed by atoms with Gasteiger partial charge in [0.15, 0.2) is 0 Å². The van der Waals surface area contributed by atoms with Gasteiger partial charge in [-0.1, -0.05) is 7.43 Å². The average molecular weight is 342 g/mol. The van der Waals surface area contributed by atoms with Crippen molar-refractivity contribution in [3.05, 3.63) is 0 Å². The topological polar surface area (TPSA) is 133 Å². The molecule has 0 saturated carbocycles. The zero-order valence-corrected chi connectivity index (χ0v) is 12.8. The van der Waals surface area contributed by atoms with Crippen LogP contribution in [0, 0.1) is 0 Å². The third kappa shape index (κ3) is 4.93. The second-order valence-electron chi connectivity index (χ2n) is 3.59. The van der Waals surface area contributed by atoms with E-state index in [2.05, 4.69) is 29.9 Å². The standard InChI is InChI=1S/C11H14N6O6.CH4/c1-18-6-12-7(19-2)15-10(14-6)22-5-23-11-16-8(20-3)13-9(17-11)21-4;/h5H2,1-4H3;1H4. The van der Waals surface area contributed by atoms with Crippen molar-refractivity contribution in [1.29, 1.82) is 0 Å². The average Bonchev–Trinajstić information content (AvgIpc) is 2.60. The molecule has 0 unspecified atom stereocenters. The fraction of sp³-hybridized carbons (Fsp3) is 0.500. The quantitative estimate of drug-likeness (QED) is 0.604. The van der Waals surface area contributed by atoms with Crippen LogP contribution in [0.4, 0.5) is 0 Å². The van der Waals surface area contributed by atoms with E-state index in [0.29, 0.717) is 0 Å². The molecule has 2 aromatic rings. The normalized spacial score (nSPS) is 9.50. The van der Waals surface area contributed by atoms with Gasteiger partial charge in [-0.3, -0.25) is 0 Å². The Kier molecular flexibility index (Phi) is 7.13. The molecule has 0 saturated heterocycles. The van der Waals surface area contributed by atoms with Gasteiger partial charge in [0, 0.05) is 0 Å². The largest absolute Gasteiger partial charge is 0.467 e. The Balaban J connectivity index is 0.00000288. The highest BCUT2D eigenvalue weighted by molar-refractivity contribution is 5.10. The van der Waals surface area contributed by atoms with Crippen LogP contribution >= 0.6 is 0 Å². The van der Waals surface area contributed by atoms with E-state index in [-0.39, 0.29) is 50.3 Å². The minimum absolute atomic E-state index is 0. The SMILES string of the molecule is C.COc1nc(OC)nc(OCOc2nc(OC)nc(OC)n2)n1. The number of hydrogen-bond acceptors (Lipinski definition) is 12. The molecule has 12 nitrogen and oxygen atoms in total. The Bertz CT molecular complexity index is 558. The minimum Gasteiger partial charge on any atom is -0.467 e. The Morgan fingerprint density at radius 3 is 1.00 bits per heavy atom. The van der Waals surface area contributed by atoms with Crippen LogP contribution in [0.1, 0.15) is 7.43 Å². The third-order valence-electron chi connectivity index (χ3n) is 2.25. The van der Waals surface area contributed by atoms with Crippen molar-refractivity contribution in [3.63, 3.8) is 0 Å². The first-order valence-corrected chi connectivity index (χ1v) is 6.12. The number of methoxy groups -OCH3 is 4. The Morgan fingerprint density at radius 2 is 0.750 bits per heavy atom. The molecular formula is C12H18N6O6. The zero-order valence-electron chi connectivity index (χ0n) is 12.8. The lowest BCUT2D eigenvalue weighted by Crippen LogP contribution is -2.12. The molecule has 0 spiro atoms. The van der Waals surface area contributed by atoms with E-state index in [9.17, 15) is 0 Å². The lowest BCUT2D eigenvalue weighted by Gasteiger charge is -2.08. The van der Waals surface area contributed by atoms with Crippen molar-refractivity contribution < 1.29 is 28.4 Å². The Hall–Kier alpha value is -3.18. The predicted octanol–water partition coefficient (Wildman–Crippen LogP) is 0.142. The maximum atomic E-state index is 5.22. The summed E-state index contributed by atoms with van der Waals surface area (Å²) in [6, 6.07) is 0.0415. The van der Waals surface area contributed by atoms with Crippen LogP contribution in [0.3, 0.4) is 0 Å².